The molecule has 0 saturated heterocycles. The van der Waals surface area contributed by atoms with Gasteiger partial charge in [-0.15, -0.1) is 0 Å². The van der Waals surface area contributed by atoms with E-state index in [0.717, 1.165) is 0 Å². The Morgan fingerprint density at radius 2 is 0.776 bits per heavy atom. The van der Waals surface area contributed by atoms with Crippen LogP contribution in [0, 0.1) is 0 Å². The molecule has 5 aromatic rings. The largest absolute Gasteiger partial charge is 0.350 e. The number of hydrogen-bond donors (Lipinski definition) is 10. The Morgan fingerprint density at radius 1 is 0.483 bits per heavy atom. The molecule has 58 heavy (non-hydrogen) atoms. The summed E-state index contributed by atoms with van der Waals surface area (Å²) in [5.74, 6) is -2.34. The molecule has 20 nitrogen and oxygen atoms in total. The number of amides is 6. The lowest BCUT2D eigenvalue weighted by Crippen LogP contribution is -2.47. The Hall–Kier alpha value is -7.90. The predicted molar refractivity (Wildman–Crippen MR) is 216 cm³/mol. The second kappa shape index (κ2) is 17.7. The molecule has 0 atom stereocenters. The van der Waals surface area contributed by atoms with Crippen molar-refractivity contribution in [1.82, 2.24) is 28.9 Å². The average Bonchev–Trinajstić information content (AvgIpc) is 3.92. The van der Waals surface area contributed by atoms with Crippen LogP contribution in [0.2, 0.25) is 0 Å². The first-order chi connectivity index (χ1) is 27.5. The van der Waals surface area contributed by atoms with Gasteiger partial charge in [-0.1, -0.05) is 6.07 Å². The molecule has 0 aliphatic heterocycles. The van der Waals surface area contributed by atoms with Crippen LogP contribution in [0.25, 0.3) is 0 Å². The fraction of sp³-hybridized carbons (Fsp3) is 0.211. The topological polar surface area (TPSA) is 298 Å². The molecule has 302 valence electrons. The third-order valence-electron chi connectivity index (χ3n) is 8.77. The van der Waals surface area contributed by atoms with Gasteiger partial charge < -0.3 is 50.2 Å². The summed E-state index contributed by atoms with van der Waals surface area (Å²) in [6, 6.07) is 12.1. The van der Waals surface area contributed by atoms with Crippen LogP contribution >= 0.6 is 0 Å². The molecule has 0 saturated carbocycles. The second-order valence-corrected chi connectivity index (χ2v) is 13.5. The number of nitrogens with one attached hydrogen (secondary N) is 6. The van der Waals surface area contributed by atoms with Crippen LogP contribution in [0.15, 0.2) is 73.3 Å². The molecule has 1 aromatic carbocycles. The van der Waals surface area contributed by atoms with Crippen molar-refractivity contribution in [3.63, 3.8) is 0 Å². The van der Waals surface area contributed by atoms with Crippen molar-refractivity contribution < 1.29 is 39.6 Å². The number of rotatable bonds is 16. The maximum atomic E-state index is 13.3. The first-order valence-electron chi connectivity index (χ1n) is 17.8. The van der Waals surface area contributed by atoms with E-state index in [4.69, 9.17) is 22.3 Å². The van der Waals surface area contributed by atoms with E-state index in [1.165, 1.54) is 51.6 Å². The lowest BCUT2D eigenvalue weighted by molar-refractivity contribution is -0.118. The van der Waals surface area contributed by atoms with Crippen LogP contribution in [-0.2, 0) is 28.2 Å². The molecule has 0 radical (unpaired) electrons. The van der Waals surface area contributed by atoms with Crippen molar-refractivity contribution in [3.8, 4) is 0 Å². The highest BCUT2D eigenvalue weighted by atomic mass is 16.2. The number of benzene rings is 1. The molecule has 4 heterocycles. The highest BCUT2D eigenvalue weighted by molar-refractivity contribution is 6.11. The van der Waals surface area contributed by atoms with Crippen LogP contribution in [-0.4, -0.2) is 78.5 Å². The van der Waals surface area contributed by atoms with Crippen LogP contribution < -0.4 is 54.2 Å². The zero-order valence-electron chi connectivity index (χ0n) is 32.3. The smallest absolute Gasteiger partial charge is 0.272 e. The number of hydrogen-bond acceptors (Lipinski definition) is 6. The van der Waals surface area contributed by atoms with Gasteiger partial charge in [-0.3, -0.25) is 51.1 Å². The summed E-state index contributed by atoms with van der Waals surface area (Å²) in [6.07, 6.45) is 6.94. The van der Waals surface area contributed by atoms with Crippen molar-refractivity contribution in [2.75, 3.05) is 34.4 Å². The normalized spacial score (nSPS) is 10.7. The molecule has 20 heteroatoms. The van der Waals surface area contributed by atoms with Gasteiger partial charge in [-0.2, -0.15) is 0 Å². The molecule has 6 amide bonds. The summed E-state index contributed by atoms with van der Waals surface area (Å²) in [7, 11) is 6.61. The number of amidine groups is 2. The Balaban J connectivity index is 1.17. The Kier molecular flexibility index (Phi) is 12.6. The first kappa shape index (κ1) is 41.3. The molecular formula is C38H46N14O6+2. The summed E-state index contributed by atoms with van der Waals surface area (Å²) >= 11 is 0. The van der Waals surface area contributed by atoms with Crippen LogP contribution in [0.3, 0.4) is 0 Å². The summed E-state index contributed by atoms with van der Waals surface area (Å²) < 4.78 is 6.20. The number of nitrogens with two attached hydrogens (primary N) is 4. The van der Waals surface area contributed by atoms with Gasteiger partial charge in [0.2, 0.25) is 11.7 Å². The van der Waals surface area contributed by atoms with Crippen molar-refractivity contribution in [2.24, 2.45) is 39.7 Å². The predicted octanol–water partition coefficient (Wildman–Crippen LogP) is -1.48. The highest BCUT2D eigenvalue weighted by Gasteiger charge is 2.20. The molecule has 14 N–H and O–H groups in total. The van der Waals surface area contributed by atoms with Gasteiger partial charge >= 0.3 is 0 Å². The van der Waals surface area contributed by atoms with E-state index in [0.29, 0.717) is 47.0 Å². The molecule has 0 bridgehead atoms. The summed E-state index contributed by atoms with van der Waals surface area (Å²) in [4.78, 5) is 77.9. The first-order valence-corrected chi connectivity index (χ1v) is 17.8. The van der Waals surface area contributed by atoms with Crippen molar-refractivity contribution in [3.05, 3.63) is 107 Å². The van der Waals surface area contributed by atoms with Crippen molar-refractivity contribution in [1.29, 1.82) is 0 Å². The summed E-state index contributed by atoms with van der Waals surface area (Å²) in [6.45, 7) is 0.519. The maximum Gasteiger partial charge on any atom is 0.272 e. The lowest BCUT2D eigenvalue weighted by atomic mass is 10.1. The Morgan fingerprint density at radius 3 is 1.09 bits per heavy atom. The highest BCUT2D eigenvalue weighted by Crippen LogP contribution is 2.21. The quantitative estimate of drug-likeness (QED) is 0.0414. The van der Waals surface area contributed by atoms with E-state index >= 15 is 0 Å². The molecule has 4 aromatic heterocycles. The molecule has 0 aliphatic rings. The molecule has 0 spiro atoms. The van der Waals surface area contributed by atoms with E-state index in [1.807, 2.05) is 0 Å². The lowest BCUT2D eigenvalue weighted by Gasteiger charge is -2.06. The fourth-order valence-corrected chi connectivity index (χ4v) is 5.85. The minimum absolute atomic E-state index is 0.176. The second-order valence-electron chi connectivity index (χ2n) is 13.5. The van der Waals surface area contributed by atoms with Crippen LogP contribution in [0.5, 0.6) is 0 Å². The molecular weight excluding hydrogens is 749 g/mol. The van der Waals surface area contributed by atoms with Gasteiger partial charge in [-0.25, -0.2) is 0 Å². The van der Waals surface area contributed by atoms with Crippen LogP contribution in [0.4, 0.5) is 22.7 Å². The molecule has 0 aliphatic carbocycles. The standard InChI is InChI=1S/C38H44N14O6/c1-49-19-25(13-27(49)35(55)43-10-8-31(39)40)47-37(57)29-15-23(17-51(29)3)45-33(53)21-6-5-7-22(12-21)34(54)46-24-16-30(52(4)18-24)38(58)48-26-14-28(50(2)20-26)36(56)44-11-9-32(41)42/h5-7,12-20H,8-11H2,1-4H3,(H3,39,40)(H3,41,42)(H,43,55)(H,44,56)(H,45,53)(H,46,54)(H,47,57)(H,48,58)/p+2. The van der Waals surface area contributed by atoms with Gasteiger partial charge in [0.15, 0.2) is 0 Å². The number of carbonyl (C=O) groups is 6. The van der Waals surface area contributed by atoms with Gasteiger partial charge in [0.25, 0.3) is 35.4 Å². The summed E-state index contributed by atoms with van der Waals surface area (Å²) in [5, 5.41) is 27.3. The fourth-order valence-electron chi connectivity index (χ4n) is 5.85. The van der Waals surface area contributed by atoms with Gasteiger partial charge in [0.1, 0.15) is 22.8 Å². The number of nitrogens with zero attached hydrogens (tertiary/aromatic N) is 4. The molecule has 0 unspecified atom stereocenters. The minimum atomic E-state index is -0.529. The van der Waals surface area contributed by atoms with Crippen molar-refractivity contribution in [2.45, 2.75) is 12.8 Å². The zero-order chi connectivity index (χ0) is 42.3. The summed E-state index contributed by atoms with van der Waals surface area (Å²) in [5.41, 5.74) is 13.7. The SMILES string of the molecule is Cn1cc(NC(=O)c2cc(NC(=O)c3cccc(C(=O)Nc4cc(C(=O)Nc5cc(C(=O)NCCC(N)=[NH2+])n(C)c5)n(C)c4)c3)cn2C)cc1C(=O)NCCC(N)=[NH2+]. The van der Waals surface area contributed by atoms with Gasteiger partial charge in [0.05, 0.1) is 35.6 Å². The van der Waals surface area contributed by atoms with E-state index in [9.17, 15) is 28.8 Å². The third kappa shape index (κ3) is 10.2. The Bertz CT molecular complexity index is 2280. The van der Waals surface area contributed by atoms with Crippen LogP contribution in [0.1, 0.15) is 75.5 Å². The van der Waals surface area contributed by atoms with E-state index in [-0.39, 0.29) is 59.1 Å². The molecule has 5 rings (SSSR count). The van der Waals surface area contributed by atoms with Gasteiger partial charge in [-0.05, 0) is 42.5 Å². The number of aryl methyl sites for hydroxylation is 4. The Labute approximate surface area is 331 Å². The van der Waals surface area contributed by atoms with E-state index < -0.39 is 23.6 Å². The maximum absolute atomic E-state index is 13.3. The van der Waals surface area contributed by atoms with E-state index in [2.05, 4.69) is 31.9 Å². The van der Waals surface area contributed by atoms with Gasteiger partial charge in [0, 0.05) is 77.2 Å². The minimum Gasteiger partial charge on any atom is -0.350 e. The third-order valence-corrected chi connectivity index (χ3v) is 8.77. The zero-order valence-corrected chi connectivity index (χ0v) is 32.3. The van der Waals surface area contributed by atoms with Crippen molar-refractivity contribution >= 4 is 69.9 Å². The average molecular weight is 795 g/mol. The number of anilines is 4. The number of carbonyl (C=O) groups excluding carboxylic acids is 6. The van der Waals surface area contributed by atoms with E-state index in [1.54, 1.807) is 68.2 Å². The monoisotopic (exact) mass is 794 g/mol. The molecule has 0 fully saturated rings. The number of aromatic nitrogens is 4.